The van der Waals surface area contributed by atoms with Crippen LogP contribution in [0.5, 0.6) is 0 Å². The van der Waals surface area contributed by atoms with Crippen LogP contribution in [0.4, 0.5) is 11.6 Å². The Morgan fingerprint density at radius 3 is 2.43 bits per heavy atom. The third-order valence-electron chi connectivity index (χ3n) is 4.75. The summed E-state index contributed by atoms with van der Waals surface area (Å²) in [7, 11) is 0. The molecule has 0 saturated carbocycles. The van der Waals surface area contributed by atoms with Gasteiger partial charge in [0.25, 0.3) is 0 Å². The van der Waals surface area contributed by atoms with Crippen LogP contribution in [0, 0.1) is 5.41 Å². The molecule has 1 aromatic rings. The molecule has 2 heterocycles. The summed E-state index contributed by atoms with van der Waals surface area (Å²) < 4.78 is 0. The molecule has 1 fully saturated rings. The van der Waals surface area contributed by atoms with Crippen LogP contribution in [0.2, 0.25) is 0 Å². The quantitative estimate of drug-likeness (QED) is 0.888. The first-order valence-corrected chi connectivity index (χ1v) is 8.35. The van der Waals surface area contributed by atoms with E-state index < -0.39 is 0 Å². The number of nitrogens with one attached hydrogen (secondary N) is 1. The van der Waals surface area contributed by atoms with Gasteiger partial charge >= 0.3 is 0 Å². The summed E-state index contributed by atoms with van der Waals surface area (Å²) in [5, 5.41) is 3.33. The predicted octanol–water partition coefficient (Wildman–Crippen LogP) is 4.05. The second-order valence-electron chi connectivity index (χ2n) is 6.81. The highest BCUT2D eigenvalue weighted by molar-refractivity contribution is 5.50. The molecule has 0 aliphatic carbocycles. The SMILES string of the molecule is CCNc1cc(N2CCC(C)(CC)CC2)nc(C(C)C)n1. The van der Waals surface area contributed by atoms with E-state index in [9.17, 15) is 0 Å². The van der Waals surface area contributed by atoms with Crippen molar-refractivity contribution in [1.82, 2.24) is 9.97 Å². The molecule has 0 radical (unpaired) electrons. The third-order valence-corrected chi connectivity index (χ3v) is 4.75. The Morgan fingerprint density at radius 1 is 1.24 bits per heavy atom. The van der Waals surface area contributed by atoms with Gasteiger partial charge in [0.2, 0.25) is 0 Å². The lowest BCUT2D eigenvalue weighted by molar-refractivity contribution is 0.237. The van der Waals surface area contributed by atoms with E-state index in [1.807, 2.05) is 0 Å². The Kier molecular flexibility index (Phi) is 5.07. The summed E-state index contributed by atoms with van der Waals surface area (Å²) in [6.07, 6.45) is 3.77. The fourth-order valence-electron chi connectivity index (χ4n) is 2.77. The van der Waals surface area contributed by atoms with Gasteiger partial charge in [-0.25, -0.2) is 9.97 Å². The summed E-state index contributed by atoms with van der Waals surface area (Å²) in [4.78, 5) is 11.8. The highest BCUT2D eigenvalue weighted by atomic mass is 15.2. The maximum atomic E-state index is 4.79. The van der Waals surface area contributed by atoms with Crippen molar-refractivity contribution < 1.29 is 0 Å². The monoisotopic (exact) mass is 290 g/mol. The van der Waals surface area contributed by atoms with Crippen LogP contribution in [0.1, 0.15) is 65.6 Å². The average molecular weight is 290 g/mol. The van der Waals surface area contributed by atoms with Crippen molar-refractivity contribution in [2.45, 2.75) is 59.8 Å². The van der Waals surface area contributed by atoms with Gasteiger partial charge in [-0.05, 0) is 25.2 Å². The van der Waals surface area contributed by atoms with Crippen LogP contribution < -0.4 is 10.2 Å². The Bertz CT molecular complexity index is 462. The van der Waals surface area contributed by atoms with Crippen molar-refractivity contribution in [2.75, 3.05) is 29.9 Å². The average Bonchev–Trinajstić information content (AvgIpc) is 2.48. The van der Waals surface area contributed by atoms with Crippen LogP contribution >= 0.6 is 0 Å². The van der Waals surface area contributed by atoms with Crippen LogP contribution in [-0.4, -0.2) is 29.6 Å². The predicted molar refractivity (Wildman–Crippen MR) is 90.1 cm³/mol. The zero-order valence-electron chi connectivity index (χ0n) is 14.2. The number of anilines is 2. The maximum Gasteiger partial charge on any atom is 0.135 e. The minimum absolute atomic E-state index is 0.355. The van der Waals surface area contributed by atoms with Gasteiger partial charge < -0.3 is 10.2 Å². The van der Waals surface area contributed by atoms with E-state index in [2.05, 4.69) is 55.9 Å². The molecular weight excluding hydrogens is 260 g/mol. The molecule has 1 N–H and O–H groups in total. The number of hydrogen-bond donors (Lipinski definition) is 1. The van der Waals surface area contributed by atoms with Crippen molar-refractivity contribution in [1.29, 1.82) is 0 Å². The minimum Gasteiger partial charge on any atom is -0.370 e. The van der Waals surface area contributed by atoms with Gasteiger partial charge in [-0.2, -0.15) is 0 Å². The van der Waals surface area contributed by atoms with Gasteiger partial charge in [-0.1, -0.05) is 34.1 Å². The topological polar surface area (TPSA) is 41.0 Å². The van der Waals surface area contributed by atoms with Gasteiger partial charge in [0.05, 0.1) is 0 Å². The largest absolute Gasteiger partial charge is 0.370 e. The molecule has 4 nitrogen and oxygen atoms in total. The lowest BCUT2D eigenvalue weighted by Gasteiger charge is -2.39. The number of piperidine rings is 1. The van der Waals surface area contributed by atoms with Gasteiger partial charge in [0.1, 0.15) is 17.5 Å². The van der Waals surface area contributed by atoms with E-state index >= 15 is 0 Å². The van der Waals surface area contributed by atoms with Gasteiger partial charge in [-0.3, -0.25) is 0 Å². The Labute approximate surface area is 129 Å². The lowest BCUT2D eigenvalue weighted by atomic mass is 9.78. The molecule has 1 aromatic heterocycles. The first-order valence-electron chi connectivity index (χ1n) is 8.35. The fraction of sp³-hybridized carbons (Fsp3) is 0.765. The van der Waals surface area contributed by atoms with Crippen LogP contribution in [0.25, 0.3) is 0 Å². The molecule has 0 bridgehead atoms. The van der Waals surface area contributed by atoms with E-state index in [1.54, 1.807) is 0 Å². The summed E-state index contributed by atoms with van der Waals surface area (Å²) >= 11 is 0. The van der Waals surface area contributed by atoms with Crippen LogP contribution in [0.3, 0.4) is 0 Å². The maximum absolute atomic E-state index is 4.79. The molecule has 0 unspecified atom stereocenters. The second-order valence-corrected chi connectivity index (χ2v) is 6.81. The molecular formula is C17H30N4. The molecule has 0 atom stereocenters. The third kappa shape index (κ3) is 3.86. The molecule has 1 saturated heterocycles. The highest BCUT2D eigenvalue weighted by Gasteiger charge is 2.29. The fourth-order valence-corrected chi connectivity index (χ4v) is 2.77. The number of nitrogens with zero attached hydrogens (tertiary/aromatic N) is 3. The van der Waals surface area contributed by atoms with E-state index in [0.717, 1.165) is 37.1 Å². The van der Waals surface area contributed by atoms with Crippen molar-refractivity contribution in [3.8, 4) is 0 Å². The van der Waals surface area contributed by atoms with Crippen molar-refractivity contribution in [3.63, 3.8) is 0 Å². The molecule has 2 rings (SSSR count). The molecule has 0 spiro atoms. The van der Waals surface area contributed by atoms with Crippen molar-refractivity contribution in [3.05, 3.63) is 11.9 Å². The van der Waals surface area contributed by atoms with Gasteiger partial charge in [0.15, 0.2) is 0 Å². The van der Waals surface area contributed by atoms with Crippen molar-refractivity contribution >= 4 is 11.6 Å². The van der Waals surface area contributed by atoms with E-state index in [1.165, 1.54) is 19.3 Å². The van der Waals surface area contributed by atoms with Crippen LogP contribution in [0.15, 0.2) is 6.07 Å². The summed E-state index contributed by atoms with van der Waals surface area (Å²) in [6.45, 7) is 14.2. The summed E-state index contributed by atoms with van der Waals surface area (Å²) in [5.74, 6) is 3.33. The first kappa shape index (κ1) is 16.1. The van der Waals surface area contributed by atoms with Gasteiger partial charge in [-0.15, -0.1) is 0 Å². The van der Waals surface area contributed by atoms with E-state index in [-0.39, 0.29) is 0 Å². The first-order chi connectivity index (χ1) is 9.97. The molecule has 0 amide bonds. The molecule has 118 valence electrons. The van der Waals surface area contributed by atoms with Crippen LogP contribution in [-0.2, 0) is 0 Å². The van der Waals surface area contributed by atoms with E-state index in [0.29, 0.717) is 11.3 Å². The zero-order valence-corrected chi connectivity index (χ0v) is 14.2. The molecule has 1 aliphatic rings. The number of rotatable bonds is 5. The standard InChI is InChI=1S/C17H30N4/c1-6-17(5)8-10-21(11-9-17)15-12-14(18-7-2)19-16(20-15)13(3)4/h12-13H,6-11H2,1-5H3,(H,18,19,20). The Morgan fingerprint density at radius 2 is 1.90 bits per heavy atom. The van der Waals surface area contributed by atoms with Crippen molar-refractivity contribution in [2.24, 2.45) is 5.41 Å². The Hall–Kier alpha value is -1.32. The summed E-state index contributed by atoms with van der Waals surface area (Å²) in [5.41, 5.74) is 0.509. The van der Waals surface area contributed by atoms with E-state index in [4.69, 9.17) is 4.98 Å². The number of aromatic nitrogens is 2. The molecule has 1 aliphatic heterocycles. The smallest absolute Gasteiger partial charge is 0.135 e. The Balaban J connectivity index is 2.19. The summed E-state index contributed by atoms with van der Waals surface area (Å²) in [6, 6.07) is 2.10. The zero-order chi connectivity index (χ0) is 15.5. The minimum atomic E-state index is 0.355. The second kappa shape index (κ2) is 6.63. The lowest BCUT2D eigenvalue weighted by Crippen LogP contribution is -2.39. The normalized spacial score (nSPS) is 18.1. The highest BCUT2D eigenvalue weighted by Crippen LogP contribution is 2.35. The van der Waals surface area contributed by atoms with Gasteiger partial charge in [0, 0.05) is 31.6 Å². The molecule has 4 heteroatoms. The molecule has 0 aromatic carbocycles. The molecule has 21 heavy (non-hydrogen) atoms. The number of hydrogen-bond acceptors (Lipinski definition) is 4.